The lowest BCUT2D eigenvalue weighted by Gasteiger charge is -2.09. The largest absolute Gasteiger partial charge is 0.323 e. The Labute approximate surface area is 123 Å². The smallest absolute Gasteiger partial charge is 0.228 e. The van der Waals surface area contributed by atoms with E-state index in [-0.39, 0.29) is 0 Å². The maximum absolute atomic E-state index is 9.21. The molecule has 0 atom stereocenters. The topological polar surface area (TPSA) is 61.6 Å². The Bertz CT molecular complexity index is 661. The zero-order valence-corrected chi connectivity index (χ0v) is 12.2. The third kappa shape index (κ3) is 3.25. The maximum atomic E-state index is 9.21. The number of hydrogen-bond donors (Lipinski definition) is 1. The van der Waals surface area contributed by atoms with E-state index >= 15 is 0 Å². The van der Waals surface area contributed by atoms with Crippen LogP contribution in [-0.4, -0.2) is 9.97 Å². The van der Waals surface area contributed by atoms with Gasteiger partial charge in [0.15, 0.2) is 0 Å². The molecule has 0 spiro atoms. The van der Waals surface area contributed by atoms with Crippen molar-refractivity contribution in [2.24, 2.45) is 0 Å². The number of hydrogen-bond acceptors (Lipinski definition) is 4. The number of rotatable bonds is 4. The zero-order chi connectivity index (χ0) is 14.5. The molecule has 1 aromatic carbocycles. The molecule has 0 saturated carbocycles. The molecule has 0 saturated heterocycles. The maximum Gasteiger partial charge on any atom is 0.228 e. The van der Waals surface area contributed by atoms with E-state index in [1.807, 2.05) is 25.1 Å². The van der Waals surface area contributed by atoms with Crippen LogP contribution in [-0.2, 0) is 6.42 Å². The van der Waals surface area contributed by atoms with Gasteiger partial charge < -0.3 is 5.32 Å². The summed E-state index contributed by atoms with van der Waals surface area (Å²) in [5.41, 5.74) is 3.08. The molecule has 102 valence electrons. The zero-order valence-electron chi connectivity index (χ0n) is 11.4. The van der Waals surface area contributed by atoms with Gasteiger partial charge in [0.05, 0.1) is 11.3 Å². The van der Waals surface area contributed by atoms with Gasteiger partial charge in [-0.05, 0) is 31.0 Å². The Morgan fingerprint density at radius 2 is 2.15 bits per heavy atom. The van der Waals surface area contributed by atoms with Gasteiger partial charge in [-0.25, -0.2) is 9.97 Å². The Kier molecular flexibility index (Phi) is 4.54. The lowest BCUT2D eigenvalue weighted by Crippen LogP contribution is -2.02. The van der Waals surface area contributed by atoms with Crippen molar-refractivity contribution in [3.05, 3.63) is 46.2 Å². The Hall–Kier alpha value is -2.12. The fourth-order valence-electron chi connectivity index (χ4n) is 1.95. The Morgan fingerprint density at radius 1 is 1.35 bits per heavy atom. The minimum atomic E-state index is 0.400. The molecule has 1 heterocycles. The number of aromatic nitrogens is 2. The monoisotopic (exact) mass is 286 g/mol. The standard InChI is InChI=1S/C15H15ClN4/c1-3-5-11-8-14(16)20-15(18-11)19-13-7-4-6-10(2)12(13)9-17/h4,6-8H,3,5H2,1-2H3,(H,18,19,20). The molecule has 1 aromatic heterocycles. The van der Waals surface area contributed by atoms with Crippen molar-refractivity contribution in [2.75, 3.05) is 5.32 Å². The summed E-state index contributed by atoms with van der Waals surface area (Å²) in [6.45, 7) is 3.97. The summed E-state index contributed by atoms with van der Waals surface area (Å²) >= 11 is 6.00. The second kappa shape index (κ2) is 6.36. The summed E-state index contributed by atoms with van der Waals surface area (Å²) in [5.74, 6) is 0.419. The third-order valence-electron chi connectivity index (χ3n) is 2.89. The van der Waals surface area contributed by atoms with Crippen LogP contribution in [0.1, 0.15) is 30.2 Å². The van der Waals surface area contributed by atoms with Crippen LogP contribution < -0.4 is 5.32 Å². The molecule has 0 aliphatic heterocycles. The van der Waals surface area contributed by atoms with Gasteiger partial charge in [0.2, 0.25) is 5.95 Å². The molecule has 0 radical (unpaired) electrons. The van der Waals surface area contributed by atoms with Crippen LogP contribution in [0.2, 0.25) is 5.15 Å². The quantitative estimate of drug-likeness (QED) is 0.863. The number of nitrogens with one attached hydrogen (secondary N) is 1. The van der Waals surface area contributed by atoms with E-state index in [2.05, 4.69) is 28.3 Å². The van der Waals surface area contributed by atoms with E-state index in [0.29, 0.717) is 22.4 Å². The number of benzene rings is 1. The molecule has 0 aliphatic rings. The van der Waals surface area contributed by atoms with Gasteiger partial charge in [-0.15, -0.1) is 0 Å². The average molecular weight is 287 g/mol. The molecule has 0 bridgehead atoms. The first-order valence-electron chi connectivity index (χ1n) is 6.44. The normalized spacial score (nSPS) is 10.1. The molecule has 0 fully saturated rings. The highest BCUT2D eigenvalue weighted by atomic mass is 35.5. The minimum absolute atomic E-state index is 0.400. The molecule has 2 aromatic rings. The van der Waals surface area contributed by atoms with Crippen molar-refractivity contribution in [2.45, 2.75) is 26.7 Å². The minimum Gasteiger partial charge on any atom is -0.323 e. The van der Waals surface area contributed by atoms with Gasteiger partial charge >= 0.3 is 0 Å². The van der Waals surface area contributed by atoms with Crippen LogP contribution in [0.15, 0.2) is 24.3 Å². The van der Waals surface area contributed by atoms with Gasteiger partial charge in [-0.3, -0.25) is 0 Å². The molecule has 0 amide bonds. The van der Waals surface area contributed by atoms with E-state index in [9.17, 15) is 5.26 Å². The molecule has 0 aliphatic carbocycles. The summed E-state index contributed by atoms with van der Waals surface area (Å²) in [7, 11) is 0. The summed E-state index contributed by atoms with van der Waals surface area (Å²) < 4.78 is 0. The predicted octanol–water partition coefficient (Wildman–Crippen LogP) is 4.01. The van der Waals surface area contributed by atoms with Crippen LogP contribution >= 0.6 is 11.6 Å². The molecular formula is C15H15ClN4. The number of nitriles is 1. The third-order valence-corrected chi connectivity index (χ3v) is 3.08. The lowest BCUT2D eigenvalue weighted by molar-refractivity contribution is 0.875. The summed E-state index contributed by atoms with van der Waals surface area (Å²) in [5, 5.41) is 12.7. The summed E-state index contributed by atoms with van der Waals surface area (Å²) in [6, 6.07) is 9.56. The number of nitrogens with zero attached hydrogens (tertiary/aromatic N) is 3. The lowest BCUT2D eigenvalue weighted by atomic mass is 10.1. The van der Waals surface area contributed by atoms with Crippen molar-refractivity contribution < 1.29 is 0 Å². The molecule has 4 nitrogen and oxygen atoms in total. The van der Waals surface area contributed by atoms with Crippen LogP contribution in [0, 0.1) is 18.3 Å². The van der Waals surface area contributed by atoms with Crippen molar-refractivity contribution in [1.82, 2.24) is 9.97 Å². The predicted molar refractivity (Wildman–Crippen MR) is 80.2 cm³/mol. The second-order valence-corrected chi connectivity index (χ2v) is 4.88. The first kappa shape index (κ1) is 14.3. The molecular weight excluding hydrogens is 272 g/mol. The molecule has 5 heteroatoms. The number of halogens is 1. The highest BCUT2D eigenvalue weighted by molar-refractivity contribution is 6.29. The second-order valence-electron chi connectivity index (χ2n) is 4.49. The Balaban J connectivity index is 2.35. The van der Waals surface area contributed by atoms with Crippen LogP contribution in [0.5, 0.6) is 0 Å². The van der Waals surface area contributed by atoms with E-state index in [1.54, 1.807) is 6.07 Å². The van der Waals surface area contributed by atoms with Crippen molar-refractivity contribution in [3.63, 3.8) is 0 Å². The first-order chi connectivity index (χ1) is 9.63. The van der Waals surface area contributed by atoms with Crippen molar-refractivity contribution >= 4 is 23.2 Å². The van der Waals surface area contributed by atoms with Gasteiger partial charge in [0, 0.05) is 5.69 Å². The first-order valence-corrected chi connectivity index (χ1v) is 6.82. The van der Waals surface area contributed by atoms with Crippen molar-refractivity contribution in [3.8, 4) is 6.07 Å². The summed E-state index contributed by atoms with van der Waals surface area (Å²) in [4.78, 5) is 8.56. The molecule has 20 heavy (non-hydrogen) atoms. The van der Waals surface area contributed by atoms with Gasteiger partial charge in [0.1, 0.15) is 11.2 Å². The van der Waals surface area contributed by atoms with Crippen molar-refractivity contribution in [1.29, 1.82) is 5.26 Å². The van der Waals surface area contributed by atoms with Gasteiger partial charge in [-0.2, -0.15) is 5.26 Å². The van der Waals surface area contributed by atoms with Gasteiger partial charge in [0.25, 0.3) is 0 Å². The fourth-order valence-corrected chi connectivity index (χ4v) is 2.15. The van der Waals surface area contributed by atoms with E-state index < -0.39 is 0 Å². The summed E-state index contributed by atoms with van der Waals surface area (Å²) in [6.07, 6.45) is 1.83. The van der Waals surface area contributed by atoms with Crippen LogP contribution in [0.3, 0.4) is 0 Å². The van der Waals surface area contributed by atoms with Gasteiger partial charge in [-0.1, -0.05) is 37.1 Å². The number of aryl methyl sites for hydroxylation is 2. The highest BCUT2D eigenvalue weighted by Gasteiger charge is 2.08. The molecule has 0 unspecified atom stereocenters. The van der Waals surface area contributed by atoms with E-state index in [1.165, 1.54) is 0 Å². The molecule has 2 rings (SSSR count). The average Bonchev–Trinajstić information content (AvgIpc) is 2.38. The fraction of sp³-hybridized carbons (Fsp3) is 0.267. The Morgan fingerprint density at radius 3 is 2.85 bits per heavy atom. The van der Waals surface area contributed by atoms with Crippen LogP contribution in [0.25, 0.3) is 0 Å². The van der Waals surface area contributed by atoms with Crippen LogP contribution in [0.4, 0.5) is 11.6 Å². The highest BCUT2D eigenvalue weighted by Crippen LogP contribution is 2.22. The number of anilines is 2. The van der Waals surface area contributed by atoms with E-state index in [4.69, 9.17) is 11.6 Å². The van der Waals surface area contributed by atoms with E-state index in [0.717, 1.165) is 24.1 Å². The molecule has 1 N–H and O–H groups in total. The SMILES string of the molecule is CCCc1cc(Cl)nc(Nc2cccc(C)c2C#N)n1.